The highest BCUT2D eigenvalue weighted by atomic mass is 15.3. The van der Waals surface area contributed by atoms with Crippen molar-refractivity contribution in [3.8, 4) is 11.3 Å². The van der Waals surface area contributed by atoms with E-state index in [4.69, 9.17) is 16.5 Å². The average Bonchev–Trinajstić information content (AvgIpc) is 3.34. The smallest absolute Gasteiger partial charge is 0.148 e. The van der Waals surface area contributed by atoms with Gasteiger partial charge in [-0.3, -0.25) is 4.68 Å². The second-order valence-corrected chi connectivity index (χ2v) is 7.54. The van der Waals surface area contributed by atoms with Crippen LogP contribution in [0.5, 0.6) is 0 Å². The van der Waals surface area contributed by atoms with Crippen LogP contribution < -0.4 is 11.5 Å². The molecule has 0 amide bonds. The van der Waals surface area contributed by atoms with E-state index >= 15 is 0 Å². The highest BCUT2D eigenvalue weighted by Crippen LogP contribution is 2.36. The maximum atomic E-state index is 6.62. The van der Waals surface area contributed by atoms with Gasteiger partial charge in [-0.2, -0.15) is 5.10 Å². The van der Waals surface area contributed by atoms with Gasteiger partial charge < -0.3 is 11.5 Å². The van der Waals surface area contributed by atoms with E-state index in [1.807, 2.05) is 30.2 Å². The van der Waals surface area contributed by atoms with Gasteiger partial charge in [-0.15, -0.1) is 0 Å². The number of aryl methyl sites for hydroxylation is 1. The molecular weight excluding hydrogens is 300 g/mol. The first kappa shape index (κ1) is 15.7. The molecule has 6 nitrogen and oxygen atoms in total. The number of nitrogens with zero attached hydrogens (tertiary/aromatic N) is 4. The van der Waals surface area contributed by atoms with E-state index in [1.54, 1.807) is 0 Å². The van der Waals surface area contributed by atoms with Crippen molar-refractivity contribution >= 4 is 0 Å². The van der Waals surface area contributed by atoms with Gasteiger partial charge in [0.25, 0.3) is 0 Å². The maximum Gasteiger partial charge on any atom is 0.148 e. The lowest BCUT2D eigenvalue weighted by Crippen LogP contribution is -2.44. The Hall–Kier alpha value is -1.79. The summed E-state index contributed by atoms with van der Waals surface area (Å²) < 4.78 is 1.98. The summed E-state index contributed by atoms with van der Waals surface area (Å²) in [7, 11) is 2.01. The lowest BCUT2D eigenvalue weighted by atomic mass is 9.80. The summed E-state index contributed by atoms with van der Waals surface area (Å²) >= 11 is 0. The molecule has 0 spiro atoms. The first-order valence-electron chi connectivity index (χ1n) is 8.94. The van der Waals surface area contributed by atoms with E-state index in [-0.39, 0.29) is 6.04 Å². The maximum absolute atomic E-state index is 6.62. The first-order chi connectivity index (χ1) is 11.5. The summed E-state index contributed by atoms with van der Waals surface area (Å²) in [6, 6.07) is 2.22. The van der Waals surface area contributed by atoms with Crippen LogP contribution in [0.1, 0.15) is 50.0 Å². The zero-order chi connectivity index (χ0) is 16.7. The molecule has 2 aliphatic rings. The number of rotatable bonds is 4. The molecule has 24 heavy (non-hydrogen) atoms. The van der Waals surface area contributed by atoms with Crippen LogP contribution >= 0.6 is 0 Å². The Morgan fingerprint density at radius 3 is 2.71 bits per heavy atom. The predicted molar refractivity (Wildman–Crippen MR) is 93.0 cm³/mol. The van der Waals surface area contributed by atoms with Gasteiger partial charge in [0.05, 0.1) is 17.4 Å². The highest BCUT2D eigenvalue weighted by Gasteiger charge is 2.35. The van der Waals surface area contributed by atoms with Gasteiger partial charge in [0.2, 0.25) is 0 Å². The fraction of sp³-hybridized carbons (Fsp3) is 0.611. The summed E-state index contributed by atoms with van der Waals surface area (Å²) in [6.45, 7) is 0. The standard InChI is InChI=1S/C18H26N6/c1-24-16(10-12-2-3-12)14(11-22-24)15-6-9-21-17(23-15)18(20)7-4-13(19)5-8-18/h6,9,11-13H,2-5,7-8,10,19-20H2,1H3. The molecule has 0 bridgehead atoms. The van der Waals surface area contributed by atoms with Crippen molar-refractivity contribution in [1.82, 2.24) is 19.7 Å². The van der Waals surface area contributed by atoms with Crippen molar-refractivity contribution in [3.05, 3.63) is 30.0 Å². The van der Waals surface area contributed by atoms with Crippen LogP contribution in [0.4, 0.5) is 0 Å². The van der Waals surface area contributed by atoms with Crippen molar-refractivity contribution in [2.24, 2.45) is 24.4 Å². The van der Waals surface area contributed by atoms with E-state index in [0.717, 1.165) is 55.1 Å². The van der Waals surface area contributed by atoms with Crippen molar-refractivity contribution in [3.63, 3.8) is 0 Å². The summed E-state index contributed by atoms with van der Waals surface area (Å²) in [4.78, 5) is 9.33. The molecular formula is C18H26N6. The summed E-state index contributed by atoms with van der Waals surface area (Å²) in [5.74, 6) is 1.55. The minimum absolute atomic E-state index is 0.258. The minimum Gasteiger partial charge on any atom is -0.328 e. The molecule has 2 fully saturated rings. The first-order valence-corrected chi connectivity index (χ1v) is 8.94. The Bertz CT molecular complexity index is 725. The molecule has 6 heteroatoms. The molecule has 0 radical (unpaired) electrons. The van der Waals surface area contributed by atoms with Crippen molar-refractivity contribution in [1.29, 1.82) is 0 Å². The van der Waals surface area contributed by atoms with Crippen LogP contribution in [0.2, 0.25) is 0 Å². The van der Waals surface area contributed by atoms with E-state index in [9.17, 15) is 0 Å². The van der Waals surface area contributed by atoms with Gasteiger partial charge in [0.15, 0.2) is 0 Å². The van der Waals surface area contributed by atoms with Gasteiger partial charge in [-0.25, -0.2) is 9.97 Å². The van der Waals surface area contributed by atoms with E-state index in [2.05, 4.69) is 10.1 Å². The van der Waals surface area contributed by atoms with E-state index in [0.29, 0.717) is 0 Å². The van der Waals surface area contributed by atoms with Gasteiger partial charge >= 0.3 is 0 Å². The fourth-order valence-electron chi connectivity index (χ4n) is 3.64. The summed E-state index contributed by atoms with van der Waals surface area (Å²) in [6.07, 6.45) is 11.0. The number of hydrogen-bond donors (Lipinski definition) is 2. The Morgan fingerprint density at radius 1 is 1.25 bits per heavy atom. The number of nitrogens with two attached hydrogens (primary N) is 2. The summed E-state index contributed by atoms with van der Waals surface area (Å²) in [5, 5.41) is 4.45. The van der Waals surface area contributed by atoms with Gasteiger partial charge in [0, 0.05) is 30.5 Å². The van der Waals surface area contributed by atoms with Crippen LogP contribution in [-0.2, 0) is 19.0 Å². The van der Waals surface area contributed by atoms with Crippen molar-refractivity contribution < 1.29 is 0 Å². The molecule has 2 saturated carbocycles. The second kappa shape index (κ2) is 5.93. The number of aromatic nitrogens is 4. The average molecular weight is 326 g/mol. The van der Waals surface area contributed by atoms with Crippen molar-refractivity contribution in [2.45, 2.75) is 56.5 Å². The largest absolute Gasteiger partial charge is 0.328 e. The molecule has 4 N–H and O–H groups in total. The quantitative estimate of drug-likeness (QED) is 0.894. The normalized spacial score (nSPS) is 27.4. The van der Waals surface area contributed by atoms with Crippen LogP contribution in [0, 0.1) is 5.92 Å². The lowest BCUT2D eigenvalue weighted by molar-refractivity contribution is 0.265. The summed E-state index contributed by atoms with van der Waals surface area (Å²) in [5.41, 5.74) is 15.5. The molecule has 2 aliphatic carbocycles. The Labute approximate surface area is 142 Å². The molecule has 128 valence electrons. The SMILES string of the molecule is Cn1ncc(-c2ccnc(C3(N)CCC(N)CC3)n2)c1CC1CC1. The number of hydrogen-bond acceptors (Lipinski definition) is 5. The molecule has 0 aromatic carbocycles. The van der Waals surface area contributed by atoms with E-state index in [1.165, 1.54) is 18.5 Å². The fourth-order valence-corrected chi connectivity index (χ4v) is 3.64. The van der Waals surface area contributed by atoms with Crippen LogP contribution in [0.15, 0.2) is 18.5 Å². The molecule has 2 heterocycles. The Kier molecular flexibility index (Phi) is 3.89. The highest BCUT2D eigenvalue weighted by molar-refractivity contribution is 5.61. The van der Waals surface area contributed by atoms with Crippen LogP contribution in [-0.4, -0.2) is 25.8 Å². The monoisotopic (exact) mass is 326 g/mol. The minimum atomic E-state index is -0.454. The zero-order valence-corrected chi connectivity index (χ0v) is 14.3. The molecule has 4 rings (SSSR count). The van der Waals surface area contributed by atoms with Gasteiger partial charge in [0.1, 0.15) is 5.82 Å². The molecule has 2 aromatic rings. The lowest BCUT2D eigenvalue weighted by Gasteiger charge is -2.34. The van der Waals surface area contributed by atoms with Crippen molar-refractivity contribution in [2.75, 3.05) is 0 Å². The molecule has 0 saturated heterocycles. The van der Waals surface area contributed by atoms with Gasteiger partial charge in [-0.1, -0.05) is 0 Å². The zero-order valence-electron chi connectivity index (χ0n) is 14.3. The van der Waals surface area contributed by atoms with Crippen LogP contribution in [0.3, 0.4) is 0 Å². The van der Waals surface area contributed by atoms with E-state index < -0.39 is 5.54 Å². The van der Waals surface area contributed by atoms with Crippen LogP contribution in [0.25, 0.3) is 11.3 Å². The molecule has 0 unspecified atom stereocenters. The Balaban J connectivity index is 1.66. The topological polar surface area (TPSA) is 95.6 Å². The molecule has 0 aliphatic heterocycles. The third kappa shape index (κ3) is 2.96. The third-order valence-corrected chi connectivity index (χ3v) is 5.54. The Morgan fingerprint density at radius 2 is 2.00 bits per heavy atom. The second-order valence-electron chi connectivity index (χ2n) is 7.54. The molecule has 2 aromatic heterocycles. The third-order valence-electron chi connectivity index (χ3n) is 5.54. The van der Waals surface area contributed by atoms with Gasteiger partial charge in [-0.05, 0) is 56.9 Å². The molecule has 0 atom stereocenters. The predicted octanol–water partition coefficient (Wildman–Crippen LogP) is 1.88.